The molecule has 56 valence electrons. The topological polar surface area (TPSA) is 69.6 Å². The average molecular weight is 162 g/mol. The summed E-state index contributed by atoms with van der Waals surface area (Å²) >= 11 is 0. The molecule has 1 rings (SSSR count). The van der Waals surface area contributed by atoms with Gasteiger partial charge in [0.1, 0.15) is 0 Å². The molecule has 2 N–H and O–H groups in total. The third-order valence-electron chi connectivity index (χ3n) is 0.879. The summed E-state index contributed by atoms with van der Waals surface area (Å²) in [5.74, 6) is 0. The maximum atomic E-state index is 10.3. The van der Waals surface area contributed by atoms with Crippen LogP contribution in [0, 0.1) is 0 Å². The number of allylic oxidation sites excluding steroid dienone is 2. The van der Waals surface area contributed by atoms with E-state index in [0.717, 1.165) is 0 Å². The first-order chi connectivity index (χ1) is 4.61. The highest BCUT2D eigenvalue weighted by Gasteiger charge is 2.12. The molecule has 0 unspecified atom stereocenters. The third-order valence-corrected chi connectivity index (χ3v) is 1.60. The third kappa shape index (κ3) is 1.49. The zero-order chi connectivity index (χ0) is 7.61. The Morgan fingerprint density at radius 2 is 2.10 bits per heavy atom. The van der Waals surface area contributed by atoms with Gasteiger partial charge in [-0.05, 0) is 12.2 Å². The predicted molar refractivity (Wildman–Crippen MR) is 34.8 cm³/mol. The fourth-order valence-electron chi connectivity index (χ4n) is 0.486. The minimum atomic E-state index is -4.14. The molecule has 10 heavy (non-hydrogen) atoms. The van der Waals surface area contributed by atoms with Gasteiger partial charge in [-0.2, -0.15) is 12.8 Å². The quantitative estimate of drug-likeness (QED) is 0.516. The van der Waals surface area contributed by atoms with Crippen LogP contribution in [0.25, 0.3) is 0 Å². The van der Waals surface area contributed by atoms with Crippen LogP contribution in [0.1, 0.15) is 0 Å². The van der Waals surface area contributed by atoms with Crippen molar-refractivity contribution < 1.29 is 13.0 Å². The van der Waals surface area contributed by atoms with E-state index in [0.29, 0.717) is 4.41 Å². The standard InChI is InChI=1S/C4H6N2O3S/c7-10(8,9)6-4-2-1-3-5-6/h1-5H,(H,7,8,9). The van der Waals surface area contributed by atoms with E-state index < -0.39 is 10.3 Å². The molecule has 0 radical (unpaired) electrons. The van der Waals surface area contributed by atoms with Gasteiger partial charge in [-0.3, -0.25) is 9.98 Å². The van der Waals surface area contributed by atoms with Crippen molar-refractivity contribution in [2.75, 3.05) is 0 Å². The summed E-state index contributed by atoms with van der Waals surface area (Å²) in [6.45, 7) is 0. The van der Waals surface area contributed by atoms with E-state index >= 15 is 0 Å². The Morgan fingerprint density at radius 3 is 2.40 bits per heavy atom. The van der Waals surface area contributed by atoms with Crippen molar-refractivity contribution in [2.45, 2.75) is 0 Å². The van der Waals surface area contributed by atoms with Crippen molar-refractivity contribution in [2.24, 2.45) is 0 Å². The van der Waals surface area contributed by atoms with Crippen LogP contribution in [0.3, 0.4) is 0 Å². The number of nitrogens with zero attached hydrogens (tertiary/aromatic N) is 1. The van der Waals surface area contributed by atoms with Crippen LogP contribution in [-0.4, -0.2) is 17.4 Å². The highest BCUT2D eigenvalue weighted by Crippen LogP contribution is 1.97. The molecule has 5 nitrogen and oxygen atoms in total. The van der Waals surface area contributed by atoms with Gasteiger partial charge in [0.05, 0.1) is 0 Å². The van der Waals surface area contributed by atoms with Gasteiger partial charge >= 0.3 is 10.3 Å². The molecule has 6 heteroatoms. The first kappa shape index (κ1) is 7.10. The Labute approximate surface area is 58.5 Å². The van der Waals surface area contributed by atoms with Crippen LogP contribution in [0.2, 0.25) is 0 Å². The summed E-state index contributed by atoms with van der Waals surface area (Å²) in [7, 11) is -4.14. The lowest BCUT2D eigenvalue weighted by Crippen LogP contribution is -2.35. The number of nitrogens with one attached hydrogen (secondary N) is 1. The Balaban J connectivity index is 2.79. The minimum Gasteiger partial charge on any atom is -0.291 e. The minimum absolute atomic E-state index is 0.590. The zero-order valence-electron chi connectivity index (χ0n) is 4.93. The van der Waals surface area contributed by atoms with E-state index in [1.807, 2.05) is 0 Å². The number of hydrogen-bond acceptors (Lipinski definition) is 3. The molecule has 0 aromatic rings. The fraction of sp³-hybridized carbons (Fsp3) is 0. The molecule has 1 aliphatic heterocycles. The highest BCUT2D eigenvalue weighted by molar-refractivity contribution is 7.83. The summed E-state index contributed by atoms with van der Waals surface area (Å²) in [5, 5.41) is 0. The summed E-state index contributed by atoms with van der Waals surface area (Å²) in [6.07, 6.45) is 5.65. The predicted octanol–water partition coefficient (Wildman–Crippen LogP) is -0.363. The van der Waals surface area contributed by atoms with Crippen molar-refractivity contribution in [3.8, 4) is 0 Å². The second kappa shape index (κ2) is 2.31. The molecule has 0 bridgehead atoms. The molecule has 0 aromatic carbocycles. The maximum absolute atomic E-state index is 10.3. The Morgan fingerprint density at radius 1 is 1.40 bits per heavy atom. The van der Waals surface area contributed by atoms with Crippen molar-refractivity contribution in [3.63, 3.8) is 0 Å². The lowest BCUT2D eigenvalue weighted by atomic mass is 10.5. The van der Waals surface area contributed by atoms with Gasteiger partial charge in [-0.1, -0.05) is 0 Å². The smallest absolute Gasteiger partial charge is 0.291 e. The molecule has 0 atom stereocenters. The molecule has 1 aliphatic rings. The summed E-state index contributed by atoms with van der Waals surface area (Å²) in [6, 6.07) is 0. The fourth-order valence-corrected chi connectivity index (χ4v) is 0.905. The molecule has 0 saturated heterocycles. The number of hydrogen-bond donors (Lipinski definition) is 2. The highest BCUT2D eigenvalue weighted by atomic mass is 32.2. The molecular weight excluding hydrogens is 156 g/mol. The Hall–Kier alpha value is -1.01. The number of rotatable bonds is 1. The zero-order valence-corrected chi connectivity index (χ0v) is 5.75. The molecule has 0 saturated carbocycles. The maximum Gasteiger partial charge on any atom is 0.377 e. The molecule has 0 amide bonds. The van der Waals surface area contributed by atoms with Crippen LogP contribution in [-0.2, 0) is 10.3 Å². The van der Waals surface area contributed by atoms with Gasteiger partial charge in [0.25, 0.3) is 0 Å². The van der Waals surface area contributed by atoms with Crippen LogP contribution in [0.4, 0.5) is 0 Å². The normalized spacial score (nSPS) is 17.1. The van der Waals surface area contributed by atoms with E-state index in [4.69, 9.17) is 4.55 Å². The van der Waals surface area contributed by atoms with Crippen molar-refractivity contribution in [1.29, 1.82) is 0 Å². The summed E-state index contributed by atoms with van der Waals surface area (Å²) < 4.78 is 29.6. The average Bonchev–Trinajstić information content (AvgIpc) is 1.88. The van der Waals surface area contributed by atoms with Crippen LogP contribution in [0.5, 0.6) is 0 Å². The molecule has 0 spiro atoms. The van der Waals surface area contributed by atoms with E-state index in [2.05, 4.69) is 5.43 Å². The number of hydrazine groups is 1. The van der Waals surface area contributed by atoms with Gasteiger partial charge < -0.3 is 0 Å². The van der Waals surface area contributed by atoms with E-state index in [9.17, 15) is 8.42 Å². The van der Waals surface area contributed by atoms with Crippen LogP contribution < -0.4 is 5.43 Å². The van der Waals surface area contributed by atoms with Crippen LogP contribution >= 0.6 is 0 Å². The molecule has 0 fully saturated rings. The second-order valence-corrected chi connectivity index (χ2v) is 2.89. The molecule has 1 heterocycles. The molecule has 0 aromatic heterocycles. The first-order valence-corrected chi connectivity index (χ1v) is 3.87. The lowest BCUT2D eigenvalue weighted by molar-refractivity contribution is 0.375. The summed E-state index contributed by atoms with van der Waals surface area (Å²) in [4.78, 5) is 0. The summed E-state index contributed by atoms with van der Waals surface area (Å²) in [5.41, 5.74) is 2.29. The van der Waals surface area contributed by atoms with E-state index in [1.165, 1.54) is 18.5 Å². The monoisotopic (exact) mass is 162 g/mol. The van der Waals surface area contributed by atoms with Crippen molar-refractivity contribution in [1.82, 2.24) is 9.84 Å². The van der Waals surface area contributed by atoms with Gasteiger partial charge in [-0.25, -0.2) is 0 Å². The SMILES string of the molecule is O=S(=O)(O)N1C=CC=CN1. The molecular formula is C4H6N2O3S. The van der Waals surface area contributed by atoms with E-state index in [-0.39, 0.29) is 0 Å². The van der Waals surface area contributed by atoms with E-state index in [1.54, 1.807) is 6.08 Å². The van der Waals surface area contributed by atoms with Crippen molar-refractivity contribution >= 4 is 10.3 Å². The van der Waals surface area contributed by atoms with Gasteiger partial charge in [0.15, 0.2) is 0 Å². The Kier molecular flexibility index (Phi) is 1.64. The van der Waals surface area contributed by atoms with Crippen molar-refractivity contribution in [3.05, 3.63) is 24.6 Å². The first-order valence-electron chi connectivity index (χ1n) is 2.47. The van der Waals surface area contributed by atoms with Gasteiger partial charge in [0, 0.05) is 12.4 Å². The lowest BCUT2D eigenvalue weighted by Gasteiger charge is -2.16. The van der Waals surface area contributed by atoms with Gasteiger partial charge in [0.2, 0.25) is 0 Å². The molecule has 0 aliphatic carbocycles. The van der Waals surface area contributed by atoms with Crippen LogP contribution in [0.15, 0.2) is 24.6 Å². The Bertz CT molecular complexity index is 266. The van der Waals surface area contributed by atoms with Gasteiger partial charge in [-0.15, -0.1) is 0 Å². The largest absolute Gasteiger partial charge is 0.377 e. The second-order valence-electron chi connectivity index (χ2n) is 1.60.